The molecule has 3 aromatic carbocycles. The number of benzene rings is 1. The second kappa shape index (κ2) is 15.7. The Bertz CT molecular complexity index is 557. The summed E-state index contributed by atoms with van der Waals surface area (Å²) in [6, 6.07) is 20.9. The normalized spacial score (nSPS) is 8.00. The molecule has 0 bridgehead atoms. The van der Waals surface area contributed by atoms with E-state index in [2.05, 4.69) is 57.3 Å². The Kier molecular flexibility index (Phi) is 19.1. The van der Waals surface area contributed by atoms with Gasteiger partial charge in [-0.1, -0.05) is 25.6 Å². The predicted molar refractivity (Wildman–Crippen MR) is 88.5 cm³/mol. The molecule has 0 spiro atoms. The molecule has 0 saturated heterocycles. The van der Waals surface area contributed by atoms with Gasteiger partial charge in [-0.3, -0.25) is 0 Å². The maximum absolute atomic E-state index is 2.24. The summed E-state index contributed by atoms with van der Waals surface area (Å²) in [6.07, 6.45) is 0. The summed E-state index contributed by atoms with van der Waals surface area (Å²) < 4.78 is 0. The molecule has 0 aromatic heterocycles. The van der Waals surface area contributed by atoms with Crippen LogP contribution in [0.5, 0.6) is 0 Å². The van der Waals surface area contributed by atoms with E-state index in [1.54, 1.807) is 0 Å². The minimum absolute atomic E-state index is 0. The smallest absolute Gasteiger partial charge is 1.00 e. The fourth-order valence-electron chi connectivity index (χ4n) is 1.78. The van der Waals surface area contributed by atoms with Gasteiger partial charge in [0.15, 0.2) is 0 Å². The molecule has 0 aliphatic heterocycles. The Hall–Kier alpha value is -0.153. The van der Waals surface area contributed by atoms with E-state index < -0.39 is 0 Å². The first-order chi connectivity index (χ1) is 9.19. The van der Waals surface area contributed by atoms with E-state index >= 15 is 0 Å². The Morgan fingerprint density at radius 2 is 1.50 bits per heavy atom. The van der Waals surface area contributed by atoms with Crippen molar-refractivity contribution in [3.8, 4) is 0 Å². The van der Waals surface area contributed by atoms with Gasteiger partial charge in [-0.05, 0) is 6.92 Å². The summed E-state index contributed by atoms with van der Waals surface area (Å²) >= 11 is 0. The van der Waals surface area contributed by atoms with Gasteiger partial charge in [-0.25, -0.2) is 12.1 Å². The Balaban J connectivity index is -0.000000283. The van der Waals surface area contributed by atoms with Crippen LogP contribution in [0.25, 0.3) is 10.8 Å². The third kappa shape index (κ3) is 9.78. The first-order valence-electron chi connectivity index (χ1n) is 6.57. The molecule has 0 unspecified atom stereocenters. The van der Waals surface area contributed by atoms with Crippen LogP contribution < -0.4 is 24.8 Å². The fourth-order valence-corrected chi connectivity index (χ4v) is 1.78. The van der Waals surface area contributed by atoms with Gasteiger partial charge in [0.2, 0.25) is 0 Å². The molecule has 0 amide bonds. The van der Waals surface area contributed by atoms with Crippen molar-refractivity contribution in [2.24, 2.45) is 0 Å². The summed E-state index contributed by atoms with van der Waals surface area (Å²) in [5.74, 6) is 0. The maximum Gasteiger partial charge on any atom is 4.00 e. The summed E-state index contributed by atoms with van der Waals surface area (Å²) in [5.41, 5.74) is 2.72. The number of rotatable bonds is 0. The van der Waals surface area contributed by atoms with E-state index in [1.165, 1.54) is 21.9 Å². The van der Waals surface area contributed by atoms with Crippen molar-refractivity contribution < 1.29 is 50.7 Å². The average Bonchev–Trinajstić information content (AvgIpc) is 3.05. The van der Waals surface area contributed by atoms with E-state index in [0.29, 0.717) is 0 Å². The van der Waals surface area contributed by atoms with Crippen LogP contribution in [0.4, 0.5) is 0 Å². The monoisotopic (exact) mass is 516 g/mol. The molecule has 22 heavy (non-hydrogen) atoms. The molecule has 3 rings (SSSR count). The van der Waals surface area contributed by atoms with Crippen LogP contribution in [-0.2, 0) is 25.8 Å². The number of halogens is 2. The SMILES string of the molecule is C[Si]C.Cc1ccc2[cH-]cc(C)c2c1.[Cl-].[Cl-].[Hf+4].c1cc[cH-]c1. The third-order valence-electron chi connectivity index (χ3n) is 2.70. The Morgan fingerprint density at radius 1 is 0.955 bits per heavy atom. The molecule has 4 heteroatoms. The zero-order valence-corrected chi connectivity index (χ0v) is 19.6. The minimum Gasteiger partial charge on any atom is -1.00 e. The van der Waals surface area contributed by atoms with Crippen LogP contribution in [0.2, 0.25) is 13.1 Å². The summed E-state index contributed by atoms with van der Waals surface area (Å²) in [4.78, 5) is 0. The van der Waals surface area contributed by atoms with Gasteiger partial charge < -0.3 is 24.8 Å². The van der Waals surface area contributed by atoms with Gasteiger partial charge in [0.1, 0.15) is 0 Å². The molecule has 0 aliphatic rings. The zero-order chi connectivity index (χ0) is 14.1. The first kappa shape index (κ1) is 26.7. The van der Waals surface area contributed by atoms with Gasteiger partial charge in [-0.15, -0.1) is 35.0 Å². The summed E-state index contributed by atoms with van der Waals surface area (Å²) in [6.45, 7) is 8.59. The van der Waals surface area contributed by atoms with Gasteiger partial charge in [0.05, 0.1) is 0 Å². The van der Waals surface area contributed by atoms with E-state index in [1.807, 2.05) is 30.3 Å². The van der Waals surface area contributed by atoms with E-state index in [4.69, 9.17) is 0 Å². The van der Waals surface area contributed by atoms with Gasteiger partial charge in [0.25, 0.3) is 0 Å². The van der Waals surface area contributed by atoms with Crippen molar-refractivity contribution >= 4 is 20.3 Å². The first-order valence-corrected chi connectivity index (χ1v) is 8.57. The summed E-state index contributed by atoms with van der Waals surface area (Å²) in [7, 11) is 1.08. The van der Waals surface area contributed by atoms with Gasteiger partial charge in [-0.2, -0.15) is 29.8 Å². The molecule has 2 radical (unpaired) electrons. The molecule has 116 valence electrons. The number of aryl methyl sites for hydroxylation is 2. The third-order valence-corrected chi connectivity index (χ3v) is 2.70. The zero-order valence-electron chi connectivity index (χ0n) is 13.5. The molecule has 0 saturated carbocycles. The molecule has 0 heterocycles. The molecule has 0 nitrogen and oxygen atoms in total. The van der Waals surface area contributed by atoms with Crippen molar-refractivity contribution in [1.82, 2.24) is 0 Å². The van der Waals surface area contributed by atoms with Crippen LogP contribution in [0.3, 0.4) is 0 Å². The largest absolute Gasteiger partial charge is 4.00 e. The Morgan fingerprint density at radius 3 is 1.95 bits per heavy atom. The number of hydrogen-bond donors (Lipinski definition) is 0. The fraction of sp³-hybridized carbons (Fsp3) is 0.222. The van der Waals surface area contributed by atoms with Crippen LogP contribution in [0.15, 0.2) is 60.7 Å². The molecular weight excluding hydrogens is 494 g/mol. The standard InChI is InChI=1S/C11H11.C5H5.C2H6Si.2ClH.Hf/c1-8-3-5-10-6-4-9(2)11(10)7-8;1-2-4-5-3-1;1-3-2;;;/h3-7H,1-2H3;1-5H;1-2H3;2*1H;/q2*-1;;;;+4/p-2. The summed E-state index contributed by atoms with van der Waals surface area (Å²) in [5, 5.41) is 2.75. The van der Waals surface area contributed by atoms with Crippen molar-refractivity contribution in [3.05, 3.63) is 71.8 Å². The average molecular weight is 516 g/mol. The van der Waals surface area contributed by atoms with E-state index in [9.17, 15) is 0 Å². The topological polar surface area (TPSA) is 0 Å². The number of hydrogen-bond acceptors (Lipinski definition) is 0. The molecular formula is C18H22Cl2HfSi. The molecule has 0 fully saturated rings. The van der Waals surface area contributed by atoms with Crippen LogP contribution in [0.1, 0.15) is 11.1 Å². The second-order valence-electron chi connectivity index (χ2n) is 4.57. The quantitative estimate of drug-likeness (QED) is 0.276. The maximum atomic E-state index is 2.24. The minimum atomic E-state index is 0. The van der Waals surface area contributed by atoms with Crippen molar-refractivity contribution in [2.75, 3.05) is 0 Å². The molecule has 0 atom stereocenters. The van der Waals surface area contributed by atoms with Crippen molar-refractivity contribution in [3.63, 3.8) is 0 Å². The van der Waals surface area contributed by atoms with Crippen molar-refractivity contribution in [2.45, 2.75) is 26.9 Å². The van der Waals surface area contributed by atoms with Crippen LogP contribution in [-0.4, -0.2) is 9.52 Å². The number of fused-ring (bicyclic) bond motifs is 1. The van der Waals surface area contributed by atoms with Gasteiger partial charge in [0, 0.05) is 9.52 Å². The Labute approximate surface area is 168 Å². The van der Waals surface area contributed by atoms with Crippen LogP contribution in [0, 0.1) is 13.8 Å². The van der Waals surface area contributed by atoms with E-state index in [0.717, 1.165) is 9.52 Å². The second-order valence-corrected chi connectivity index (χ2v) is 5.57. The van der Waals surface area contributed by atoms with Crippen molar-refractivity contribution in [1.29, 1.82) is 0 Å². The van der Waals surface area contributed by atoms with Gasteiger partial charge >= 0.3 is 25.8 Å². The molecule has 3 aromatic rings. The molecule has 0 aliphatic carbocycles. The van der Waals surface area contributed by atoms with E-state index in [-0.39, 0.29) is 50.7 Å². The predicted octanol–water partition coefficient (Wildman–Crippen LogP) is -0.627. The molecule has 0 N–H and O–H groups in total. The van der Waals surface area contributed by atoms with Crippen LogP contribution >= 0.6 is 0 Å².